The van der Waals surface area contributed by atoms with E-state index in [-0.39, 0.29) is 0 Å². The minimum atomic E-state index is 0.886. The van der Waals surface area contributed by atoms with E-state index in [0.29, 0.717) is 0 Å². The molecule has 1 aliphatic rings. The van der Waals surface area contributed by atoms with E-state index < -0.39 is 0 Å². The zero-order valence-corrected chi connectivity index (χ0v) is 11.9. The van der Waals surface area contributed by atoms with E-state index in [2.05, 4.69) is 25.1 Å². The van der Waals surface area contributed by atoms with Crippen molar-refractivity contribution in [2.24, 2.45) is 0 Å². The van der Waals surface area contributed by atoms with E-state index in [1.807, 2.05) is 36.5 Å². The predicted molar refractivity (Wildman–Crippen MR) is 84.2 cm³/mol. The molecule has 1 N–H and O–H groups in total. The normalized spacial score (nSPS) is 14.6. The molecule has 2 aromatic heterocycles. The lowest BCUT2D eigenvalue weighted by molar-refractivity contribution is 0.568. The van der Waals surface area contributed by atoms with Gasteiger partial charge in [0.15, 0.2) is 0 Å². The smallest absolute Gasteiger partial charge is 0.225 e. The van der Waals surface area contributed by atoms with Crippen molar-refractivity contribution >= 4 is 16.9 Å². The van der Waals surface area contributed by atoms with Crippen molar-refractivity contribution < 1.29 is 0 Å². The van der Waals surface area contributed by atoms with E-state index in [4.69, 9.17) is 0 Å². The predicted octanol–water partition coefficient (Wildman–Crippen LogP) is 3.03. The summed E-state index contributed by atoms with van der Waals surface area (Å²) in [5, 5.41) is 7.91. The average Bonchev–Trinajstić information content (AvgIpc) is 3.06. The number of benzene rings is 1. The molecule has 0 spiro atoms. The molecule has 0 radical (unpaired) electrons. The van der Waals surface area contributed by atoms with Crippen LogP contribution in [0.15, 0.2) is 48.9 Å². The minimum Gasteiger partial charge on any atom is -0.341 e. The number of para-hydroxylation sites is 1. The van der Waals surface area contributed by atoms with Crippen LogP contribution in [0.3, 0.4) is 0 Å². The SMILES string of the molecule is c1ccc2[nH]ncc2c1.c1cnc(N2CCCCC2)nc1. The van der Waals surface area contributed by atoms with Gasteiger partial charge in [-0.2, -0.15) is 5.10 Å². The van der Waals surface area contributed by atoms with Crippen molar-refractivity contribution in [2.75, 3.05) is 18.0 Å². The maximum atomic E-state index is 4.22. The first-order chi connectivity index (χ1) is 10.4. The summed E-state index contributed by atoms with van der Waals surface area (Å²) in [6.45, 7) is 2.23. The Kier molecular flexibility index (Phi) is 4.41. The van der Waals surface area contributed by atoms with Gasteiger partial charge in [-0.25, -0.2) is 9.97 Å². The molecule has 0 aliphatic carbocycles. The molecule has 1 aliphatic heterocycles. The molecule has 0 amide bonds. The first-order valence-electron chi connectivity index (χ1n) is 7.33. The lowest BCUT2D eigenvalue weighted by Crippen LogP contribution is -2.30. The molecular weight excluding hydrogens is 262 g/mol. The number of hydrogen-bond acceptors (Lipinski definition) is 4. The number of piperidine rings is 1. The second-order valence-corrected chi connectivity index (χ2v) is 5.05. The van der Waals surface area contributed by atoms with Gasteiger partial charge in [0.1, 0.15) is 0 Å². The second kappa shape index (κ2) is 6.83. The molecule has 1 aromatic carbocycles. The van der Waals surface area contributed by atoms with Crippen LogP contribution in [0.25, 0.3) is 10.9 Å². The largest absolute Gasteiger partial charge is 0.341 e. The number of aromatic amines is 1. The van der Waals surface area contributed by atoms with Gasteiger partial charge in [0.2, 0.25) is 5.95 Å². The molecule has 1 saturated heterocycles. The van der Waals surface area contributed by atoms with Crippen LogP contribution in [0, 0.1) is 0 Å². The molecule has 5 nitrogen and oxygen atoms in total. The first kappa shape index (κ1) is 13.5. The Balaban J connectivity index is 0.000000131. The standard InChI is InChI=1S/C9H13N3.C7H6N2/c1-2-7-12(8-3-1)9-10-5-4-6-11-9;1-2-4-7-6(3-1)5-8-9-7/h4-6H,1-3,7-8H2;1-5H,(H,8,9). The molecule has 3 heterocycles. The van der Waals surface area contributed by atoms with Gasteiger partial charge in [0.25, 0.3) is 0 Å². The van der Waals surface area contributed by atoms with Crippen LogP contribution < -0.4 is 4.90 Å². The van der Waals surface area contributed by atoms with Gasteiger partial charge in [0, 0.05) is 30.9 Å². The summed E-state index contributed by atoms with van der Waals surface area (Å²) >= 11 is 0. The Hall–Kier alpha value is -2.43. The fraction of sp³-hybridized carbons (Fsp3) is 0.312. The Labute approximate surface area is 124 Å². The first-order valence-corrected chi connectivity index (χ1v) is 7.33. The number of nitrogens with zero attached hydrogens (tertiary/aromatic N) is 4. The fourth-order valence-electron chi connectivity index (χ4n) is 2.43. The van der Waals surface area contributed by atoms with Crippen LogP contribution in [0.4, 0.5) is 5.95 Å². The third-order valence-electron chi connectivity index (χ3n) is 3.54. The lowest BCUT2D eigenvalue weighted by atomic mass is 10.1. The average molecular weight is 281 g/mol. The van der Waals surface area contributed by atoms with Crippen molar-refractivity contribution in [3.63, 3.8) is 0 Å². The molecule has 0 bridgehead atoms. The summed E-state index contributed by atoms with van der Waals surface area (Å²) < 4.78 is 0. The van der Waals surface area contributed by atoms with Crippen molar-refractivity contribution in [1.29, 1.82) is 0 Å². The van der Waals surface area contributed by atoms with Crippen LogP contribution in [0.1, 0.15) is 19.3 Å². The highest BCUT2D eigenvalue weighted by Gasteiger charge is 2.11. The van der Waals surface area contributed by atoms with Crippen molar-refractivity contribution in [2.45, 2.75) is 19.3 Å². The summed E-state index contributed by atoms with van der Waals surface area (Å²) in [5.74, 6) is 0.886. The Morgan fingerprint density at radius 2 is 1.67 bits per heavy atom. The maximum Gasteiger partial charge on any atom is 0.225 e. The Morgan fingerprint density at radius 3 is 2.43 bits per heavy atom. The van der Waals surface area contributed by atoms with E-state index in [9.17, 15) is 0 Å². The molecule has 21 heavy (non-hydrogen) atoms. The van der Waals surface area contributed by atoms with Gasteiger partial charge in [-0.15, -0.1) is 0 Å². The highest BCUT2D eigenvalue weighted by atomic mass is 15.2. The van der Waals surface area contributed by atoms with Gasteiger partial charge in [0.05, 0.1) is 11.7 Å². The monoisotopic (exact) mass is 281 g/mol. The van der Waals surface area contributed by atoms with Gasteiger partial charge in [-0.05, 0) is 31.4 Å². The zero-order chi connectivity index (χ0) is 14.3. The van der Waals surface area contributed by atoms with Gasteiger partial charge in [-0.1, -0.05) is 18.2 Å². The van der Waals surface area contributed by atoms with Crippen LogP contribution >= 0.6 is 0 Å². The summed E-state index contributed by atoms with van der Waals surface area (Å²) in [4.78, 5) is 10.7. The topological polar surface area (TPSA) is 57.7 Å². The summed E-state index contributed by atoms with van der Waals surface area (Å²) in [5.41, 5.74) is 1.09. The molecule has 4 rings (SSSR count). The van der Waals surface area contributed by atoms with E-state index in [1.165, 1.54) is 19.3 Å². The molecule has 0 atom stereocenters. The number of H-pyrrole nitrogens is 1. The van der Waals surface area contributed by atoms with E-state index in [1.54, 1.807) is 12.4 Å². The molecule has 108 valence electrons. The van der Waals surface area contributed by atoms with Crippen molar-refractivity contribution in [3.8, 4) is 0 Å². The zero-order valence-electron chi connectivity index (χ0n) is 11.9. The number of rotatable bonds is 1. The van der Waals surface area contributed by atoms with Gasteiger partial charge in [-0.3, -0.25) is 5.10 Å². The molecular formula is C16H19N5. The van der Waals surface area contributed by atoms with Crippen LogP contribution in [-0.2, 0) is 0 Å². The number of hydrogen-bond donors (Lipinski definition) is 1. The molecule has 1 fully saturated rings. The molecule has 0 saturated carbocycles. The second-order valence-electron chi connectivity index (χ2n) is 5.05. The third-order valence-corrected chi connectivity index (χ3v) is 3.54. The highest BCUT2D eigenvalue weighted by molar-refractivity contribution is 5.77. The van der Waals surface area contributed by atoms with Crippen molar-refractivity contribution in [1.82, 2.24) is 20.2 Å². The van der Waals surface area contributed by atoms with Gasteiger partial charge >= 0.3 is 0 Å². The summed E-state index contributed by atoms with van der Waals surface area (Å²) in [7, 11) is 0. The minimum absolute atomic E-state index is 0.886. The van der Waals surface area contributed by atoms with Crippen LogP contribution in [0.5, 0.6) is 0 Å². The van der Waals surface area contributed by atoms with E-state index >= 15 is 0 Å². The number of nitrogens with one attached hydrogen (secondary N) is 1. The Bertz CT molecular complexity index is 628. The number of fused-ring (bicyclic) bond motifs is 1. The van der Waals surface area contributed by atoms with Crippen LogP contribution in [0.2, 0.25) is 0 Å². The molecule has 3 aromatic rings. The summed E-state index contributed by atoms with van der Waals surface area (Å²) in [6.07, 6.45) is 9.32. The third kappa shape index (κ3) is 3.56. The molecule has 0 unspecified atom stereocenters. The Morgan fingerprint density at radius 1 is 0.905 bits per heavy atom. The maximum absolute atomic E-state index is 4.22. The number of aromatic nitrogens is 4. The van der Waals surface area contributed by atoms with Crippen molar-refractivity contribution in [3.05, 3.63) is 48.9 Å². The fourth-order valence-corrected chi connectivity index (χ4v) is 2.43. The lowest BCUT2D eigenvalue weighted by Gasteiger charge is -2.26. The van der Waals surface area contributed by atoms with Crippen LogP contribution in [-0.4, -0.2) is 33.3 Å². The number of anilines is 1. The molecule has 5 heteroatoms. The quantitative estimate of drug-likeness (QED) is 0.745. The van der Waals surface area contributed by atoms with E-state index in [0.717, 1.165) is 29.9 Å². The highest BCUT2D eigenvalue weighted by Crippen LogP contribution is 2.13. The van der Waals surface area contributed by atoms with Gasteiger partial charge < -0.3 is 4.90 Å². The summed E-state index contributed by atoms with van der Waals surface area (Å²) in [6, 6.07) is 9.87.